The molecule has 1 aromatic carbocycles. The van der Waals surface area contributed by atoms with Crippen molar-refractivity contribution in [3.8, 4) is 0 Å². The quantitative estimate of drug-likeness (QED) is 0.792. The van der Waals surface area contributed by atoms with E-state index in [0.717, 1.165) is 23.4 Å². The van der Waals surface area contributed by atoms with E-state index in [2.05, 4.69) is 25.8 Å². The number of nitrogen functional groups attached to an aromatic ring is 1. The van der Waals surface area contributed by atoms with Crippen LogP contribution >= 0.6 is 28.3 Å². The van der Waals surface area contributed by atoms with Gasteiger partial charge in [0.2, 0.25) is 0 Å². The first-order chi connectivity index (χ1) is 10.6. The molecule has 1 aliphatic heterocycles. The van der Waals surface area contributed by atoms with Crippen LogP contribution in [0.15, 0.2) is 47.1 Å². The van der Waals surface area contributed by atoms with Crippen LogP contribution in [-0.2, 0) is 0 Å². The van der Waals surface area contributed by atoms with Crippen molar-refractivity contribution in [1.82, 2.24) is 9.88 Å². The summed E-state index contributed by atoms with van der Waals surface area (Å²) >= 11 is 3.39. The Bertz CT molecular complexity index is 655. The molecule has 0 spiro atoms. The molecule has 1 fully saturated rings. The van der Waals surface area contributed by atoms with Crippen LogP contribution in [0.5, 0.6) is 0 Å². The van der Waals surface area contributed by atoms with Gasteiger partial charge in [-0.3, -0.25) is 4.79 Å². The maximum atomic E-state index is 12.4. The van der Waals surface area contributed by atoms with Gasteiger partial charge in [-0.15, -0.1) is 12.4 Å². The Labute approximate surface area is 150 Å². The number of carbonyl (C=O) groups excluding carboxylic acids is 1. The van der Waals surface area contributed by atoms with E-state index >= 15 is 0 Å². The molecule has 1 saturated heterocycles. The average Bonchev–Trinajstić information content (AvgIpc) is 2.56. The van der Waals surface area contributed by atoms with Crippen molar-refractivity contribution in [2.24, 2.45) is 0 Å². The third-order valence-electron chi connectivity index (χ3n) is 3.76. The number of aromatic nitrogens is 1. The Morgan fingerprint density at radius 2 is 1.70 bits per heavy atom. The lowest BCUT2D eigenvalue weighted by Gasteiger charge is -2.35. The number of carbonyl (C=O) groups is 1. The summed E-state index contributed by atoms with van der Waals surface area (Å²) in [4.78, 5) is 20.9. The SMILES string of the molecule is Cl.Nc1ccc(C(=O)N2CCN(c3ccc(Br)cn3)CC2)cc1. The molecule has 0 aliphatic carbocycles. The van der Waals surface area contributed by atoms with E-state index in [9.17, 15) is 4.79 Å². The van der Waals surface area contributed by atoms with Crippen molar-refractivity contribution in [1.29, 1.82) is 0 Å². The predicted octanol–water partition coefficient (Wildman–Crippen LogP) is 2.81. The van der Waals surface area contributed by atoms with Crippen LogP contribution in [0.2, 0.25) is 0 Å². The number of nitrogens with zero attached hydrogens (tertiary/aromatic N) is 3. The lowest BCUT2D eigenvalue weighted by atomic mass is 10.1. The van der Waals surface area contributed by atoms with Crippen LogP contribution in [0.25, 0.3) is 0 Å². The van der Waals surface area contributed by atoms with Crippen LogP contribution < -0.4 is 10.6 Å². The second kappa shape index (κ2) is 7.66. The summed E-state index contributed by atoms with van der Waals surface area (Å²) in [5.74, 6) is 1.01. The first-order valence-corrected chi connectivity index (χ1v) is 7.94. The number of benzene rings is 1. The second-order valence-electron chi connectivity index (χ2n) is 5.24. The molecule has 3 rings (SSSR count). The summed E-state index contributed by atoms with van der Waals surface area (Å²) in [5, 5.41) is 0. The summed E-state index contributed by atoms with van der Waals surface area (Å²) in [5.41, 5.74) is 7.01. The zero-order chi connectivity index (χ0) is 15.5. The number of hydrogen-bond acceptors (Lipinski definition) is 4. The molecule has 5 nitrogen and oxygen atoms in total. The maximum absolute atomic E-state index is 12.4. The molecule has 2 aromatic rings. The molecular weight excluding hydrogens is 380 g/mol. The van der Waals surface area contributed by atoms with Gasteiger partial charge < -0.3 is 15.5 Å². The molecule has 2 heterocycles. The molecule has 23 heavy (non-hydrogen) atoms. The van der Waals surface area contributed by atoms with Crippen LogP contribution in [0.4, 0.5) is 11.5 Å². The summed E-state index contributed by atoms with van der Waals surface area (Å²) in [6.07, 6.45) is 1.79. The van der Waals surface area contributed by atoms with Gasteiger partial charge in [0.05, 0.1) is 0 Å². The second-order valence-corrected chi connectivity index (χ2v) is 6.15. The van der Waals surface area contributed by atoms with Crippen LogP contribution in [0.3, 0.4) is 0 Å². The zero-order valence-corrected chi connectivity index (χ0v) is 14.9. The van der Waals surface area contributed by atoms with Gasteiger partial charge in [-0.25, -0.2) is 4.98 Å². The number of amides is 1. The average molecular weight is 398 g/mol. The van der Waals surface area contributed by atoms with Gasteiger partial charge in [-0.2, -0.15) is 0 Å². The lowest BCUT2D eigenvalue weighted by molar-refractivity contribution is 0.0746. The van der Waals surface area contributed by atoms with Crippen molar-refractivity contribution in [3.63, 3.8) is 0 Å². The molecule has 0 radical (unpaired) electrons. The van der Waals surface area contributed by atoms with E-state index in [1.165, 1.54) is 0 Å². The largest absolute Gasteiger partial charge is 0.399 e. The lowest BCUT2D eigenvalue weighted by Crippen LogP contribution is -2.49. The third kappa shape index (κ3) is 4.14. The van der Waals surface area contributed by atoms with Crippen molar-refractivity contribution in [2.45, 2.75) is 0 Å². The third-order valence-corrected chi connectivity index (χ3v) is 4.23. The number of anilines is 2. The first-order valence-electron chi connectivity index (χ1n) is 7.15. The molecule has 0 saturated carbocycles. The highest BCUT2D eigenvalue weighted by Crippen LogP contribution is 2.17. The smallest absolute Gasteiger partial charge is 0.253 e. The molecule has 122 valence electrons. The molecular formula is C16H18BrClN4O. The maximum Gasteiger partial charge on any atom is 0.253 e. The highest BCUT2D eigenvalue weighted by Gasteiger charge is 2.22. The van der Waals surface area contributed by atoms with E-state index in [0.29, 0.717) is 24.3 Å². The van der Waals surface area contributed by atoms with E-state index in [1.807, 2.05) is 17.0 Å². The minimum atomic E-state index is 0. The Kier molecular flexibility index (Phi) is 5.85. The number of halogens is 2. The Hall–Kier alpha value is -1.79. The van der Waals surface area contributed by atoms with E-state index in [1.54, 1.807) is 30.5 Å². The van der Waals surface area contributed by atoms with Gasteiger partial charge in [-0.05, 0) is 52.3 Å². The van der Waals surface area contributed by atoms with Gasteiger partial charge in [0.25, 0.3) is 5.91 Å². The van der Waals surface area contributed by atoms with Crippen molar-refractivity contribution in [2.75, 3.05) is 36.8 Å². The molecule has 1 aliphatic rings. The van der Waals surface area contributed by atoms with Crippen molar-refractivity contribution < 1.29 is 4.79 Å². The fraction of sp³-hybridized carbons (Fsp3) is 0.250. The highest BCUT2D eigenvalue weighted by atomic mass is 79.9. The number of nitrogens with two attached hydrogens (primary N) is 1. The molecule has 2 N–H and O–H groups in total. The Balaban J connectivity index is 0.00000192. The molecule has 7 heteroatoms. The monoisotopic (exact) mass is 396 g/mol. The van der Waals surface area contributed by atoms with E-state index in [-0.39, 0.29) is 18.3 Å². The van der Waals surface area contributed by atoms with Crippen molar-refractivity contribution >= 4 is 45.7 Å². The minimum Gasteiger partial charge on any atom is -0.399 e. The Morgan fingerprint density at radius 3 is 2.26 bits per heavy atom. The summed E-state index contributed by atoms with van der Waals surface area (Å²) in [7, 11) is 0. The fourth-order valence-corrected chi connectivity index (χ4v) is 2.74. The molecule has 0 bridgehead atoms. The molecule has 0 unspecified atom stereocenters. The standard InChI is InChI=1S/C16H17BrN4O.ClH/c17-13-3-6-15(19-11-13)20-7-9-21(10-8-20)16(22)12-1-4-14(18)5-2-12;/h1-6,11H,7-10,18H2;1H. The van der Waals surface area contributed by atoms with Crippen LogP contribution in [0.1, 0.15) is 10.4 Å². The van der Waals surface area contributed by atoms with Crippen molar-refractivity contribution in [3.05, 3.63) is 52.6 Å². The zero-order valence-electron chi connectivity index (χ0n) is 12.5. The molecule has 0 atom stereocenters. The summed E-state index contributed by atoms with van der Waals surface area (Å²) in [6, 6.07) is 11.0. The number of pyridine rings is 1. The first kappa shape index (κ1) is 17.6. The Morgan fingerprint density at radius 1 is 1.04 bits per heavy atom. The van der Waals surface area contributed by atoms with E-state index < -0.39 is 0 Å². The van der Waals surface area contributed by atoms with Crippen LogP contribution in [-0.4, -0.2) is 42.0 Å². The fourth-order valence-electron chi connectivity index (χ4n) is 2.50. The normalized spacial score (nSPS) is 14.3. The summed E-state index contributed by atoms with van der Waals surface area (Å²) < 4.78 is 0.966. The summed E-state index contributed by atoms with van der Waals surface area (Å²) in [6.45, 7) is 2.96. The van der Waals surface area contributed by atoms with Gasteiger partial charge in [-0.1, -0.05) is 0 Å². The van der Waals surface area contributed by atoms with Gasteiger partial charge in [0.1, 0.15) is 5.82 Å². The minimum absolute atomic E-state index is 0. The highest BCUT2D eigenvalue weighted by molar-refractivity contribution is 9.10. The number of hydrogen-bond donors (Lipinski definition) is 1. The van der Waals surface area contributed by atoms with E-state index in [4.69, 9.17) is 5.73 Å². The molecule has 1 amide bonds. The number of rotatable bonds is 2. The van der Waals surface area contributed by atoms with Gasteiger partial charge in [0.15, 0.2) is 0 Å². The van der Waals surface area contributed by atoms with Crippen LogP contribution in [0, 0.1) is 0 Å². The predicted molar refractivity (Wildman–Crippen MR) is 98.2 cm³/mol. The topological polar surface area (TPSA) is 62.5 Å². The van der Waals surface area contributed by atoms with Gasteiger partial charge >= 0.3 is 0 Å². The van der Waals surface area contributed by atoms with Gasteiger partial charge in [0, 0.05) is 48.1 Å². The number of piperazine rings is 1. The molecule has 1 aromatic heterocycles.